The molecule has 0 aliphatic rings. The van der Waals surface area contributed by atoms with Gasteiger partial charge < -0.3 is 9.09 Å². The number of thiazole rings is 1. The molecule has 2 aromatic carbocycles. The van der Waals surface area contributed by atoms with Gasteiger partial charge in [0.15, 0.2) is 10.6 Å². The molecular formula is C21H19ClN4O3S2. The van der Waals surface area contributed by atoms with Crippen molar-refractivity contribution < 1.29 is 12.9 Å². The molecule has 0 spiro atoms. The molecule has 4 aromatic rings. The molecule has 0 bridgehead atoms. The third-order valence-corrected chi connectivity index (χ3v) is 6.98. The van der Waals surface area contributed by atoms with Crippen LogP contribution in [-0.4, -0.2) is 18.1 Å². The Morgan fingerprint density at radius 2 is 1.87 bits per heavy atom. The minimum atomic E-state index is -3.77. The summed E-state index contributed by atoms with van der Waals surface area (Å²) in [7, 11) is -3.77. The number of benzene rings is 2. The number of hydrogen-bond acceptors (Lipinski definition) is 6. The molecule has 10 heteroatoms. The number of rotatable bonds is 6. The molecule has 0 atom stereocenters. The van der Waals surface area contributed by atoms with Crippen molar-refractivity contribution in [1.29, 1.82) is 0 Å². The van der Waals surface area contributed by atoms with Gasteiger partial charge in [-0.3, -0.25) is 4.72 Å². The molecule has 0 aliphatic heterocycles. The van der Waals surface area contributed by atoms with E-state index < -0.39 is 10.0 Å². The minimum Gasteiger partial charge on any atom is -0.360 e. The zero-order valence-electron chi connectivity index (χ0n) is 16.7. The number of hydrogen-bond donors (Lipinski definition) is 1. The average molecular weight is 475 g/mol. The number of anilines is 1. The SMILES string of the molecule is CCn1c(-c2ccc(Cl)cc2)csc1=Nc1ccc(S(=O)(=O)Nc2cc(C)on2)cc1. The third-order valence-electron chi connectivity index (χ3n) is 4.49. The van der Waals surface area contributed by atoms with E-state index in [4.69, 9.17) is 21.1 Å². The Morgan fingerprint density at radius 3 is 2.48 bits per heavy atom. The van der Waals surface area contributed by atoms with Crippen LogP contribution in [0.25, 0.3) is 11.3 Å². The fraction of sp³-hybridized carbons (Fsp3) is 0.143. The Hall–Kier alpha value is -2.88. The van der Waals surface area contributed by atoms with E-state index in [1.165, 1.54) is 29.5 Å². The summed E-state index contributed by atoms with van der Waals surface area (Å²) in [5.74, 6) is 0.661. The van der Waals surface area contributed by atoms with Crippen molar-refractivity contribution in [1.82, 2.24) is 9.72 Å². The van der Waals surface area contributed by atoms with Crippen LogP contribution in [0.3, 0.4) is 0 Å². The van der Waals surface area contributed by atoms with Crippen molar-refractivity contribution in [3.63, 3.8) is 0 Å². The average Bonchev–Trinajstić information content (AvgIpc) is 3.34. The van der Waals surface area contributed by atoms with Crippen molar-refractivity contribution in [2.45, 2.75) is 25.3 Å². The molecule has 160 valence electrons. The Morgan fingerprint density at radius 1 is 1.16 bits per heavy atom. The maximum atomic E-state index is 12.5. The predicted octanol–water partition coefficient (Wildman–Crippen LogP) is 5.22. The van der Waals surface area contributed by atoms with Gasteiger partial charge in [0, 0.05) is 23.0 Å². The van der Waals surface area contributed by atoms with E-state index >= 15 is 0 Å². The summed E-state index contributed by atoms with van der Waals surface area (Å²) in [6.45, 7) is 4.48. The Balaban J connectivity index is 1.62. The van der Waals surface area contributed by atoms with Gasteiger partial charge in [0.2, 0.25) is 0 Å². The fourth-order valence-corrected chi connectivity index (χ4v) is 5.10. The van der Waals surface area contributed by atoms with Gasteiger partial charge in [-0.25, -0.2) is 13.4 Å². The van der Waals surface area contributed by atoms with Crippen LogP contribution < -0.4 is 9.52 Å². The minimum absolute atomic E-state index is 0.114. The van der Waals surface area contributed by atoms with Gasteiger partial charge in [-0.2, -0.15) is 0 Å². The van der Waals surface area contributed by atoms with Crippen molar-refractivity contribution >= 4 is 44.5 Å². The highest BCUT2D eigenvalue weighted by atomic mass is 35.5. The molecular weight excluding hydrogens is 456 g/mol. The van der Waals surface area contributed by atoms with Crippen LogP contribution in [0.15, 0.2) is 74.4 Å². The van der Waals surface area contributed by atoms with Crippen LogP contribution in [-0.2, 0) is 16.6 Å². The summed E-state index contributed by atoms with van der Waals surface area (Å²) in [5.41, 5.74) is 2.76. The van der Waals surface area contributed by atoms with Gasteiger partial charge in [-0.05, 0) is 55.8 Å². The van der Waals surface area contributed by atoms with Crippen molar-refractivity contribution in [2.24, 2.45) is 4.99 Å². The molecule has 0 saturated heterocycles. The van der Waals surface area contributed by atoms with Crippen molar-refractivity contribution in [3.05, 3.63) is 75.6 Å². The van der Waals surface area contributed by atoms with E-state index in [-0.39, 0.29) is 10.7 Å². The smallest absolute Gasteiger partial charge is 0.263 e. The molecule has 0 radical (unpaired) electrons. The highest BCUT2D eigenvalue weighted by Gasteiger charge is 2.16. The quantitative estimate of drug-likeness (QED) is 0.415. The molecule has 7 nitrogen and oxygen atoms in total. The van der Waals surface area contributed by atoms with E-state index in [0.717, 1.165) is 22.6 Å². The second-order valence-corrected chi connectivity index (χ2v) is 9.64. The fourth-order valence-electron chi connectivity index (χ4n) is 3.00. The number of aryl methyl sites for hydroxylation is 1. The van der Waals surface area contributed by atoms with Gasteiger partial charge in [0.1, 0.15) is 5.76 Å². The maximum absolute atomic E-state index is 12.5. The van der Waals surface area contributed by atoms with Crippen molar-refractivity contribution in [3.8, 4) is 11.3 Å². The second kappa shape index (κ2) is 8.70. The van der Waals surface area contributed by atoms with Gasteiger partial charge in [0.05, 0.1) is 16.3 Å². The Labute approximate surface area is 188 Å². The maximum Gasteiger partial charge on any atom is 0.263 e. The predicted molar refractivity (Wildman–Crippen MR) is 122 cm³/mol. The summed E-state index contributed by atoms with van der Waals surface area (Å²) in [6.07, 6.45) is 0. The van der Waals surface area contributed by atoms with Crippen LogP contribution in [0, 0.1) is 6.92 Å². The topological polar surface area (TPSA) is 89.5 Å². The molecule has 0 unspecified atom stereocenters. The highest BCUT2D eigenvalue weighted by Crippen LogP contribution is 2.23. The molecule has 0 amide bonds. The lowest BCUT2D eigenvalue weighted by Crippen LogP contribution is -2.14. The second-order valence-electron chi connectivity index (χ2n) is 6.69. The lowest BCUT2D eigenvalue weighted by molar-refractivity contribution is 0.400. The number of sulfonamides is 1. The standard InChI is InChI=1S/C21H19ClN4O3S2/c1-3-26-19(15-4-6-16(22)7-5-15)13-30-21(26)23-17-8-10-18(11-9-17)31(27,28)25-20-12-14(2)29-24-20/h4-13H,3H2,1-2H3,(H,24,25). The normalized spacial score (nSPS) is 12.3. The first-order valence-electron chi connectivity index (χ1n) is 9.41. The van der Waals surface area contributed by atoms with Crippen LogP contribution >= 0.6 is 22.9 Å². The van der Waals surface area contributed by atoms with E-state index in [9.17, 15) is 8.42 Å². The van der Waals surface area contributed by atoms with Crippen LogP contribution in [0.4, 0.5) is 11.5 Å². The van der Waals surface area contributed by atoms with Gasteiger partial charge in [0.25, 0.3) is 10.0 Å². The Bertz CT molecular complexity index is 1370. The third kappa shape index (κ3) is 4.73. The molecule has 0 aliphatic carbocycles. The number of aromatic nitrogens is 2. The summed E-state index contributed by atoms with van der Waals surface area (Å²) in [4.78, 5) is 5.63. The summed E-state index contributed by atoms with van der Waals surface area (Å²) in [6, 6.07) is 15.6. The molecule has 4 rings (SSSR count). The first-order chi connectivity index (χ1) is 14.9. The summed E-state index contributed by atoms with van der Waals surface area (Å²) in [5, 5.41) is 6.40. The van der Waals surface area contributed by atoms with E-state index in [1.54, 1.807) is 19.1 Å². The summed E-state index contributed by atoms with van der Waals surface area (Å²) < 4.78 is 34.5. The van der Waals surface area contributed by atoms with Crippen LogP contribution in [0.5, 0.6) is 0 Å². The highest BCUT2D eigenvalue weighted by molar-refractivity contribution is 7.92. The van der Waals surface area contributed by atoms with E-state index in [2.05, 4.69) is 21.4 Å². The van der Waals surface area contributed by atoms with Gasteiger partial charge in [-0.15, -0.1) is 11.3 Å². The first kappa shape index (κ1) is 21.4. The van der Waals surface area contributed by atoms with Crippen LogP contribution in [0.1, 0.15) is 12.7 Å². The first-order valence-corrected chi connectivity index (χ1v) is 12.1. The lowest BCUT2D eigenvalue weighted by atomic mass is 10.2. The van der Waals surface area contributed by atoms with Crippen molar-refractivity contribution in [2.75, 3.05) is 4.72 Å². The summed E-state index contributed by atoms with van der Waals surface area (Å²) >= 11 is 7.52. The van der Waals surface area contributed by atoms with Gasteiger partial charge in [-0.1, -0.05) is 28.9 Å². The number of nitrogens with zero attached hydrogens (tertiary/aromatic N) is 3. The molecule has 31 heavy (non-hydrogen) atoms. The molecule has 0 saturated carbocycles. The van der Waals surface area contributed by atoms with E-state index in [0.29, 0.717) is 16.5 Å². The number of halogens is 1. The lowest BCUT2D eigenvalue weighted by Gasteiger charge is -2.07. The number of nitrogens with one attached hydrogen (secondary N) is 1. The molecule has 2 aromatic heterocycles. The van der Waals surface area contributed by atoms with Crippen LogP contribution in [0.2, 0.25) is 5.02 Å². The Kier molecular flexibility index (Phi) is 5.99. The van der Waals surface area contributed by atoms with E-state index in [1.807, 2.05) is 29.6 Å². The zero-order valence-corrected chi connectivity index (χ0v) is 19.1. The molecule has 0 fully saturated rings. The van der Waals surface area contributed by atoms with Gasteiger partial charge >= 0.3 is 0 Å². The monoisotopic (exact) mass is 474 g/mol. The largest absolute Gasteiger partial charge is 0.360 e. The zero-order chi connectivity index (χ0) is 22.0. The molecule has 2 heterocycles. The molecule has 1 N–H and O–H groups in total.